The fraction of sp³-hybridized carbons (Fsp3) is 1.00. The number of rotatable bonds is 3. The first-order valence-electron chi connectivity index (χ1n) is 3.14. The van der Waals surface area contributed by atoms with Crippen LogP contribution in [-0.2, 0) is 0 Å². The molecule has 0 aliphatic heterocycles. The summed E-state index contributed by atoms with van der Waals surface area (Å²) in [6, 6.07) is 0. The van der Waals surface area contributed by atoms with E-state index in [1.54, 1.807) is 0 Å². The molecule has 1 nitrogen and oxygen atoms in total. The Morgan fingerprint density at radius 1 is 1.50 bits per heavy atom. The van der Waals surface area contributed by atoms with Gasteiger partial charge in [0.1, 0.15) is 0 Å². The zero-order chi connectivity index (χ0) is 6.04. The molecule has 1 aliphatic carbocycles. The second kappa shape index (κ2) is 2.28. The third-order valence-corrected chi connectivity index (χ3v) is 2.64. The van der Waals surface area contributed by atoms with E-state index in [9.17, 15) is 0 Å². The Kier molecular flexibility index (Phi) is 1.83. The Morgan fingerprint density at radius 3 is 2.25 bits per heavy atom. The van der Waals surface area contributed by atoms with E-state index in [2.05, 4.69) is 12.6 Å². The van der Waals surface area contributed by atoms with Crippen LogP contribution in [0.15, 0.2) is 0 Å². The minimum atomic E-state index is 0.581. The van der Waals surface area contributed by atoms with Gasteiger partial charge in [0.2, 0.25) is 0 Å². The summed E-state index contributed by atoms with van der Waals surface area (Å²) in [6.07, 6.45) is 3.89. The highest BCUT2D eigenvalue weighted by Crippen LogP contribution is 2.48. The van der Waals surface area contributed by atoms with Crippen molar-refractivity contribution in [2.45, 2.75) is 19.3 Å². The second-order valence-electron chi connectivity index (χ2n) is 2.70. The molecule has 0 unspecified atom stereocenters. The lowest BCUT2D eigenvalue weighted by atomic mass is 10.1. The number of hydrogen-bond acceptors (Lipinski definition) is 2. The van der Waals surface area contributed by atoms with Crippen LogP contribution in [0, 0.1) is 5.41 Å². The zero-order valence-electron chi connectivity index (χ0n) is 5.06. The summed E-state index contributed by atoms with van der Waals surface area (Å²) in [5.41, 5.74) is 5.98. The molecule has 2 heteroatoms. The largest absolute Gasteiger partial charge is 0.330 e. The van der Waals surface area contributed by atoms with Crippen molar-refractivity contribution >= 4 is 12.6 Å². The van der Waals surface area contributed by atoms with Crippen LogP contribution >= 0.6 is 12.6 Å². The van der Waals surface area contributed by atoms with Crippen LogP contribution in [0.5, 0.6) is 0 Å². The Hall–Kier alpha value is 0.310. The average molecular weight is 131 g/mol. The minimum Gasteiger partial charge on any atom is -0.330 e. The predicted octanol–water partition coefficient (Wildman–Crippen LogP) is 1.05. The number of nitrogens with two attached hydrogens (primary N) is 1. The van der Waals surface area contributed by atoms with E-state index < -0.39 is 0 Å². The third kappa shape index (κ3) is 1.17. The summed E-state index contributed by atoms with van der Waals surface area (Å²) in [4.78, 5) is 0. The minimum absolute atomic E-state index is 0.581. The monoisotopic (exact) mass is 131 g/mol. The second-order valence-corrected chi connectivity index (χ2v) is 3.01. The van der Waals surface area contributed by atoms with Gasteiger partial charge in [-0.3, -0.25) is 0 Å². The molecular weight excluding hydrogens is 118 g/mol. The summed E-state index contributed by atoms with van der Waals surface area (Å²) in [6.45, 7) is 0.834. The molecule has 0 atom stereocenters. The quantitative estimate of drug-likeness (QED) is 0.550. The van der Waals surface area contributed by atoms with Crippen molar-refractivity contribution in [2.24, 2.45) is 11.1 Å². The standard InChI is InChI=1S/C6H13NS/c7-4-3-6(5-8)1-2-6/h8H,1-5,7H2. The summed E-state index contributed by atoms with van der Waals surface area (Å²) in [7, 11) is 0. The van der Waals surface area contributed by atoms with Crippen molar-refractivity contribution in [1.82, 2.24) is 0 Å². The van der Waals surface area contributed by atoms with Gasteiger partial charge in [-0.05, 0) is 37.0 Å². The van der Waals surface area contributed by atoms with E-state index in [-0.39, 0.29) is 0 Å². The molecule has 0 spiro atoms. The molecule has 48 valence electrons. The fourth-order valence-electron chi connectivity index (χ4n) is 0.970. The molecule has 0 aromatic rings. The smallest absolute Gasteiger partial charge is 0.00407 e. The van der Waals surface area contributed by atoms with Gasteiger partial charge in [0.15, 0.2) is 0 Å². The maximum atomic E-state index is 5.40. The Morgan fingerprint density at radius 2 is 2.12 bits per heavy atom. The fourth-order valence-corrected chi connectivity index (χ4v) is 1.44. The SMILES string of the molecule is NCCC1(CS)CC1. The molecule has 1 rings (SSSR count). The third-order valence-electron chi connectivity index (χ3n) is 1.97. The molecule has 0 amide bonds. The van der Waals surface area contributed by atoms with Crippen molar-refractivity contribution in [3.63, 3.8) is 0 Å². The van der Waals surface area contributed by atoms with Gasteiger partial charge in [0.25, 0.3) is 0 Å². The molecule has 8 heavy (non-hydrogen) atoms. The first-order valence-corrected chi connectivity index (χ1v) is 3.77. The van der Waals surface area contributed by atoms with Crippen molar-refractivity contribution < 1.29 is 0 Å². The van der Waals surface area contributed by atoms with Crippen LogP contribution in [-0.4, -0.2) is 12.3 Å². The summed E-state index contributed by atoms with van der Waals surface area (Å²) in [5, 5.41) is 0. The first kappa shape index (κ1) is 6.43. The lowest BCUT2D eigenvalue weighted by Crippen LogP contribution is -2.10. The van der Waals surface area contributed by atoms with Crippen LogP contribution < -0.4 is 5.73 Å². The molecule has 1 fully saturated rings. The van der Waals surface area contributed by atoms with Gasteiger partial charge in [0.05, 0.1) is 0 Å². The molecule has 0 radical (unpaired) electrons. The van der Waals surface area contributed by atoms with E-state index in [0.29, 0.717) is 5.41 Å². The van der Waals surface area contributed by atoms with Gasteiger partial charge >= 0.3 is 0 Å². The Balaban J connectivity index is 2.20. The van der Waals surface area contributed by atoms with Gasteiger partial charge < -0.3 is 5.73 Å². The molecular formula is C6H13NS. The molecule has 0 bridgehead atoms. The molecule has 0 aromatic heterocycles. The van der Waals surface area contributed by atoms with Gasteiger partial charge in [-0.15, -0.1) is 0 Å². The zero-order valence-corrected chi connectivity index (χ0v) is 5.95. The van der Waals surface area contributed by atoms with Crippen LogP contribution in [0.4, 0.5) is 0 Å². The highest BCUT2D eigenvalue weighted by atomic mass is 32.1. The van der Waals surface area contributed by atoms with Crippen molar-refractivity contribution in [2.75, 3.05) is 12.3 Å². The summed E-state index contributed by atoms with van der Waals surface area (Å²) in [5.74, 6) is 1.03. The van der Waals surface area contributed by atoms with E-state index in [1.807, 2.05) is 0 Å². The van der Waals surface area contributed by atoms with Gasteiger partial charge in [-0.1, -0.05) is 0 Å². The van der Waals surface area contributed by atoms with Crippen LogP contribution in [0.25, 0.3) is 0 Å². The Labute approximate surface area is 56.1 Å². The van der Waals surface area contributed by atoms with Crippen molar-refractivity contribution in [3.8, 4) is 0 Å². The average Bonchev–Trinajstić information content (AvgIpc) is 2.50. The van der Waals surface area contributed by atoms with Crippen molar-refractivity contribution in [3.05, 3.63) is 0 Å². The van der Waals surface area contributed by atoms with Crippen molar-refractivity contribution in [1.29, 1.82) is 0 Å². The van der Waals surface area contributed by atoms with E-state index in [4.69, 9.17) is 5.73 Å². The molecule has 0 saturated heterocycles. The Bertz CT molecular complexity index is 78.6. The van der Waals surface area contributed by atoms with Crippen LogP contribution in [0.3, 0.4) is 0 Å². The van der Waals surface area contributed by atoms with Gasteiger partial charge in [0, 0.05) is 0 Å². The van der Waals surface area contributed by atoms with Crippen LogP contribution in [0.2, 0.25) is 0 Å². The van der Waals surface area contributed by atoms with E-state index >= 15 is 0 Å². The first-order chi connectivity index (χ1) is 3.83. The molecule has 2 N–H and O–H groups in total. The molecule has 0 heterocycles. The number of thiol groups is 1. The van der Waals surface area contributed by atoms with Crippen LogP contribution in [0.1, 0.15) is 19.3 Å². The number of hydrogen-bond donors (Lipinski definition) is 2. The van der Waals surface area contributed by atoms with E-state index in [0.717, 1.165) is 12.3 Å². The summed E-state index contributed by atoms with van der Waals surface area (Å²) < 4.78 is 0. The molecule has 1 saturated carbocycles. The lowest BCUT2D eigenvalue weighted by molar-refractivity contribution is 0.539. The molecule has 1 aliphatic rings. The lowest BCUT2D eigenvalue weighted by Gasteiger charge is -2.07. The maximum absolute atomic E-state index is 5.40. The highest BCUT2D eigenvalue weighted by Gasteiger charge is 2.39. The predicted molar refractivity (Wildman–Crippen MR) is 39.2 cm³/mol. The van der Waals surface area contributed by atoms with E-state index in [1.165, 1.54) is 19.3 Å². The van der Waals surface area contributed by atoms with Gasteiger partial charge in [-0.25, -0.2) is 0 Å². The topological polar surface area (TPSA) is 26.0 Å². The molecule has 0 aromatic carbocycles. The normalized spacial score (nSPS) is 23.2. The maximum Gasteiger partial charge on any atom is -0.00407 e. The van der Waals surface area contributed by atoms with Gasteiger partial charge in [-0.2, -0.15) is 12.6 Å². The summed E-state index contributed by atoms with van der Waals surface area (Å²) >= 11 is 4.24. The highest BCUT2D eigenvalue weighted by molar-refractivity contribution is 7.80.